The van der Waals surface area contributed by atoms with Crippen LogP contribution in [0, 0.1) is 18.3 Å². The van der Waals surface area contributed by atoms with Crippen LogP contribution in [0.15, 0.2) is 28.9 Å². The number of carbonyl (C=O) groups excluding carboxylic acids is 2. The Labute approximate surface area is 199 Å². The molecule has 4 aromatic rings. The summed E-state index contributed by atoms with van der Waals surface area (Å²) < 4.78 is 16.0. The van der Waals surface area contributed by atoms with Crippen LogP contribution in [0.25, 0.3) is 10.2 Å². The van der Waals surface area contributed by atoms with Gasteiger partial charge in [-0.1, -0.05) is 16.8 Å². The van der Waals surface area contributed by atoms with E-state index in [1.807, 2.05) is 0 Å². The van der Waals surface area contributed by atoms with Crippen molar-refractivity contribution in [2.45, 2.75) is 6.92 Å². The number of hydrogen-bond acceptors (Lipinski definition) is 9. The average Bonchev–Trinajstić information content (AvgIpc) is 3.54. The van der Waals surface area contributed by atoms with Gasteiger partial charge < -0.3 is 24.6 Å². The van der Waals surface area contributed by atoms with Gasteiger partial charge >= 0.3 is 6.03 Å². The van der Waals surface area contributed by atoms with Gasteiger partial charge in [0, 0.05) is 12.3 Å². The van der Waals surface area contributed by atoms with Crippen LogP contribution in [0.2, 0.25) is 5.02 Å². The largest absolute Gasteiger partial charge is 0.454 e. The van der Waals surface area contributed by atoms with E-state index in [1.54, 1.807) is 25.1 Å². The van der Waals surface area contributed by atoms with Gasteiger partial charge in [-0.2, -0.15) is 5.26 Å². The molecule has 13 heteroatoms. The van der Waals surface area contributed by atoms with E-state index in [4.69, 9.17) is 25.6 Å². The first-order valence-electron chi connectivity index (χ1n) is 9.75. The van der Waals surface area contributed by atoms with Crippen molar-refractivity contribution in [3.63, 3.8) is 0 Å². The summed E-state index contributed by atoms with van der Waals surface area (Å²) in [5, 5.41) is 19.6. The normalized spacial score (nSPS) is 13.7. The molecule has 0 unspecified atom stereocenters. The number of nitrogens with zero attached hydrogens (tertiary/aromatic N) is 4. The highest BCUT2D eigenvalue weighted by atomic mass is 35.5. The molecular weight excluding hydrogens is 484 g/mol. The molecule has 5 heterocycles. The topological polar surface area (TPSA) is 143 Å². The van der Waals surface area contributed by atoms with E-state index < -0.39 is 11.9 Å². The van der Waals surface area contributed by atoms with E-state index >= 15 is 0 Å². The molecule has 6 rings (SSSR count). The third-order valence-corrected chi connectivity index (χ3v) is 6.64. The highest BCUT2D eigenvalue weighted by molar-refractivity contribution is 7.21. The molecule has 0 spiro atoms. The number of pyridine rings is 1. The minimum Gasteiger partial charge on any atom is -0.454 e. The zero-order chi connectivity index (χ0) is 23.6. The second-order valence-corrected chi connectivity index (χ2v) is 8.70. The fourth-order valence-corrected chi connectivity index (χ4v) is 5.09. The van der Waals surface area contributed by atoms with Gasteiger partial charge in [0.15, 0.2) is 17.3 Å². The van der Waals surface area contributed by atoms with Gasteiger partial charge in [-0.05, 0) is 19.1 Å². The lowest BCUT2D eigenvalue weighted by atomic mass is 10.1. The fraction of sp³-hybridized carbons (Fsp3) is 0.0952. The first-order valence-corrected chi connectivity index (χ1v) is 10.9. The Morgan fingerprint density at radius 1 is 1.35 bits per heavy atom. The number of benzene rings is 1. The summed E-state index contributed by atoms with van der Waals surface area (Å²) in [6.07, 6.45) is 1.35. The number of aromatic nitrogens is 2. The van der Waals surface area contributed by atoms with Crippen molar-refractivity contribution in [3.05, 3.63) is 45.6 Å². The van der Waals surface area contributed by atoms with E-state index in [2.05, 4.69) is 26.8 Å². The molecule has 3 amide bonds. The van der Waals surface area contributed by atoms with Crippen LogP contribution in [0.5, 0.6) is 11.5 Å². The SMILES string of the molecule is Cc1cc(NC(=O)c2sc3ncc(C#N)c4c3c2NC(=O)N4c2c(Cl)ccc3c2OCO3)no1. The number of halogens is 1. The third-order valence-electron chi connectivity index (χ3n) is 5.23. The van der Waals surface area contributed by atoms with Gasteiger partial charge in [0.25, 0.3) is 5.91 Å². The van der Waals surface area contributed by atoms with Gasteiger partial charge in [-0.3, -0.25) is 9.69 Å². The van der Waals surface area contributed by atoms with Crippen molar-refractivity contribution in [1.82, 2.24) is 10.1 Å². The second kappa shape index (κ2) is 7.34. The Kier molecular flexibility index (Phi) is 4.38. The first-order chi connectivity index (χ1) is 16.5. The van der Waals surface area contributed by atoms with Crippen molar-refractivity contribution in [3.8, 4) is 17.6 Å². The van der Waals surface area contributed by atoms with E-state index in [1.165, 1.54) is 11.1 Å². The van der Waals surface area contributed by atoms with Gasteiger partial charge in [-0.15, -0.1) is 11.3 Å². The third kappa shape index (κ3) is 2.88. The molecule has 0 fully saturated rings. The monoisotopic (exact) mass is 494 g/mol. The maximum absolute atomic E-state index is 13.4. The predicted octanol–water partition coefficient (Wildman–Crippen LogP) is 4.78. The highest BCUT2D eigenvalue weighted by Crippen LogP contribution is 2.53. The Morgan fingerprint density at radius 3 is 2.97 bits per heavy atom. The summed E-state index contributed by atoms with van der Waals surface area (Å²) in [6, 6.07) is 6.21. The number of ether oxygens (including phenoxy) is 2. The Balaban J connectivity index is 1.56. The number of hydrogen-bond donors (Lipinski definition) is 2. The number of thiophene rings is 1. The summed E-state index contributed by atoms with van der Waals surface area (Å²) in [5.74, 6) is 0.924. The lowest BCUT2D eigenvalue weighted by molar-refractivity contribution is 0.103. The number of amides is 3. The molecule has 0 saturated carbocycles. The quantitative estimate of drug-likeness (QED) is 0.414. The summed E-state index contributed by atoms with van der Waals surface area (Å²) >= 11 is 7.54. The van der Waals surface area contributed by atoms with Crippen molar-refractivity contribution in [2.24, 2.45) is 0 Å². The van der Waals surface area contributed by atoms with Crippen LogP contribution >= 0.6 is 22.9 Å². The molecule has 1 aromatic carbocycles. The molecule has 34 heavy (non-hydrogen) atoms. The smallest absolute Gasteiger partial charge is 0.331 e. The number of carbonyl (C=O) groups is 2. The Bertz CT molecular complexity index is 1590. The zero-order valence-corrected chi connectivity index (χ0v) is 18.7. The van der Waals surface area contributed by atoms with Crippen molar-refractivity contribution < 1.29 is 23.6 Å². The number of fused-ring (bicyclic) bond motifs is 1. The first kappa shape index (κ1) is 20.3. The predicted molar refractivity (Wildman–Crippen MR) is 122 cm³/mol. The minimum atomic E-state index is -0.632. The molecule has 2 aliphatic heterocycles. The molecule has 0 saturated heterocycles. The van der Waals surface area contributed by atoms with Gasteiger partial charge in [-0.25, -0.2) is 9.78 Å². The van der Waals surface area contributed by atoms with E-state index in [0.717, 1.165) is 11.3 Å². The minimum absolute atomic E-state index is 0.0372. The van der Waals surface area contributed by atoms with Crippen LogP contribution in [-0.4, -0.2) is 28.9 Å². The van der Waals surface area contributed by atoms with E-state index in [0.29, 0.717) is 21.7 Å². The summed E-state index contributed by atoms with van der Waals surface area (Å²) in [5.41, 5.74) is 0.816. The van der Waals surface area contributed by atoms with Crippen LogP contribution in [0.4, 0.5) is 27.7 Å². The summed E-state index contributed by atoms with van der Waals surface area (Å²) in [7, 11) is 0. The number of anilines is 4. The van der Waals surface area contributed by atoms with Gasteiger partial charge in [0.1, 0.15) is 27.2 Å². The number of nitriles is 1. The highest BCUT2D eigenvalue weighted by Gasteiger charge is 2.38. The number of nitrogens with one attached hydrogen (secondary N) is 2. The van der Waals surface area contributed by atoms with Gasteiger partial charge in [0.05, 0.1) is 27.3 Å². The summed E-state index contributed by atoms with van der Waals surface area (Å²) in [6.45, 7) is 1.66. The molecule has 0 aliphatic carbocycles. The van der Waals surface area contributed by atoms with Crippen LogP contribution in [0.1, 0.15) is 21.0 Å². The van der Waals surface area contributed by atoms with E-state index in [-0.39, 0.29) is 50.9 Å². The Hall–Kier alpha value is -4.34. The van der Waals surface area contributed by atoms with Crippen LogP contribution in [-0.2, 0) is 0 Å². The van der Waals surface area contributed by atoms with Crippen LogP contribution < -0.4 is 25.0 Å². The second-order valence-electron chi connectivity index (χ2n) is 7.29. The molecule has 0 radical (unpaired) electrons. The molecule has 2 N–H and O–H groups in total. The Morgan fingerprint density at radius 2 is 2.21 bits per heavy atom. The molecule has 11 nitrogen and oxygen atoms in total. The number of aryl methyl sites for hydroxylation is 1. The zero-order valence-electron chi connectivity index (χ0n) is 17.1. The molecule has 168 valence electrons. The van der Waals surface area contributed by atoms with Gasteiger partial charge in [0.2, 0.25) is 6.79 Å². The van der Waals surface area contributed by atoms with E-state index in [9.17, 15) is 14.9 Å². The molecule has 0 bridgehead atoms. The van der Waals surface area contributed by atoms with Crippen molar-refractivity contribution in [1.29, 1.82) is 5.26 Å². The molecule has 0 atom stereocenters. The molecule has 2 aliphatic rings. The average molecular weight is 495 g/mol. The van der Waals surface area contributed by atoms with Crippen molar-refractivity contribution >= 4 is 68.0 Å². The lowest BCUT2D eigenvalue weighted by Gasteiger charge is -2.30. The van der Waals surface area contributed by atoms with Crippen molar-refractivity contribution in [2.75, 3.05) is 22.3 Å². The number of urea groups is 1. The molecular formula is C21H11ClN6O5S. The number of rotatable bonds is 3. The maximum atomic E-state index is 13.4. The molecule has 3 aromatic heterocycles. The standard InChI is InChI=1S/C21H11ClN6O5S/c1-8-4-12(27-33-8)25-19(29)18-14-13-15(9(5-23)6-24-20(13)34-18)28(21(30)26-14)16-10(22)2-3-11-17(16)32-7-31-11/h2-4,6H,7H2,1H3,(H,26,30)(H,25,27,29). The summed E-state index contributed by atoms with van der Waals surface area (Å²) in [4.78, 5) is 32.7. The fourth-order valence-electron chi connectivity index (χ4n) is 3.86. The lowest BCUT2D eigenvalue weighted by Crippen LogP contribution is -2.35. The maximum Gasteiger partial charge on any atom is 0.331 e. The van der Waals surface area contributed by atoms with Crippen LogP contribution in [0.3, 0.4) is 0 Å².